The lowest BCUT2D eigenvalue weighted by molar-refractivity contribution is -0.118. The van der Waals surface area contributed by atoms with Gasteiger partial charge >= 0.3 is 0 Å². The molecule has 0 aromatic heterocycles. The molecule has 4 nitrogen and oxygen atoms in total. The molecule has 1 aliphatic rings. The van der Waals surface area contributed by atoms with E-state index in [0.29, 0.717) is 0 Å². The van der Waals surface area contributed by atoms with Crippen LogP contribution in [0.5, 0.6) is 0 Å². The second kappa shape index (κ2) is 6.44. The fourth-order valence-electron chi connectivity index (χ4n) is 1.95. The molecule has 4 heteroatoms. The highest BCUT2D eigenvalue weighted by molar-refractivity contribution is 5.97. The Morgan fingerprint density at radius 3 is 2.39 bits per heavy atom. The zero-order chi connectivity index (χ0) is 13.6. The standard InChI is InChI=1S/C14H23N3O/c1-14(2,3)16-10-11(9-15)13(18)17-12-7-5-4-6-8-12/h10,12,16H,4-8H2,1-3H3,(H,17,18)/b11-10-. The number of rotatable bonds is 3. The molecular weight excluding hydrogens is 226 g/mol. The van der Waals surface area contributed by atoms with Crippen LogP contribution in [0.15, 0.2) is 11.8 Å². The van der Waals surface area contributed by atoms with E-state index in [0.717, 1.165) is 25.7 Å². The Bertz CT molecular complexity index is 354. The van der Waals surface area contributed by atoms with Gasteiger partial charge in [-0.1, -0.05) is 19.3 Å². The van der Waals surface area contributed by atoms with Crippen molar-refractivity contribution in [3.05, 3.63) is 11.8 Å². The lowest BCUT2D eigenvalue weighted by atomic mass is 9.95. The van der Waals surface area contributed by atoms with E-state index in [2.05, 4.69) is 10.6 Å². The lowest BCUT2D eigenvalue weighted by Gasteiger charge is -2.23. The minimum atomic E-state index is -0.263. The second-order valence-electron chi connectivity index (χ2n) is 5.87. The van der Waals surface area contributed by atoms with E-state index in [1.807, 2.05) is 26.8 Å². The predicted molar refractivity (Wildman–Crippen MR) is 71.6 cm³/mol. The fourth-order valence-corrected chi connectivity index (χ4v) is 1.95. The van der Waals surface area contributed by atoms with Gasteiger partial charge in [0, 0.05) is 17.8 Å². The molecule has 0 spiro atoms. The van der Waals surface area contributed by atoms with Crippen LogP contribution >= 0.6 is 0 Å². The van der Waals surface area contributed by atoms with Crippen LogP contribution in [-0.4, -0.2) is 17.5 Å². The smallest absolute Gasteiger partial charge is 0.263 e. The van der Waals surface area contributed by atoms with Crippen molar-refractivity contribution in [2.24, 2.45) is 0 Å². The summed E-state index contributed by atoms with van der Waals surface area (Å²) in [6.07, 6.45) is 7.14. The molecule has 0 saturated heterocycles. The van der Waals surface area contributed by atoms with E-state index < -0.39 is 0 Å². The zero-order valence-electron chi connectivity index (χ0n) is 11.5. The van der Waals surface area contributed by atoms with Gasteiger partial charge in [-0.25, -0.2) is 0 Å². The number of carbonyl (C=O) groups is 1. The lowest BCUT2D eigenvalue weighted by Crippen LogP contribution is -2.38. The summed E-state index contributed by atoms with van der Waals surface area (Å²) in [6, 6.07) is 2.18. The molecule has 0 unspecified atom stereocenters. The topological polar surface area (TPSA) is 64.9 Å². The first kappa shape index (κ1) is 14.6. The maximum absolute atomic E-state index is 11.9. The molecule has 1 saturated carbocycles. The second-order valence-corrected chi connectivity index (χ2v) is 5.87. The van der Waals surface area contributed by atoms with Crippen LogP contribution in [0.2, 0.25) is 0 Å². The molecule has 0 aromatic carbocycles. The maximum Gasteiger partial charge on any atom is 0.263 e. The molecule has 1 amide bonds. The van der Waals surface area contributed by atoms with Gasteiger partial charge in [0.25, 0.3) is 5.91 Å². The summed E-state index contributed by atoms with van der Waals surface area (Å²) in [4.78, 5) is 11.9. The predicted octanol–water partition coefficient (Wildman–Crippen LogP) is 2.23. The van der Waals surface area contributed by atoms with E-state index in [1.165, 1.54) is 12.6 Å². The Hall–Kier alpha value is -1.50. The third-order valence-electron chi connectivity index (χ3n) is 2.95. The molecule has 0 atom stereocenters. The number of nitriles is 1. The summed E-state index contributed by atoms with van der Waals surface area (Å²) in [5.74, 6) is -0.263. The van der Waals surface area contributed by atoms with E-state index in [1.54, 1.807) is 0 Å². The molecular formula is C14H23N3O. The first-order chi connectivity index (χ1) is 8.42. The maximum atomic E-state index is 11.9. The highest BCUT2D eigenvalue weighted by Gasteiger charge is 2.18. The van der Waals surface area contributed by atoms with Crippen LogP contribution in [0.3, 0.4) is 0 Å². The summed E-state index contributed by atoms with van der Waals surface area (Å²) in [7, 11) is 0. The molecule has 1 rings (SSSR count). The Kier molecular flexibility index (Phi) is 5.21. The molecule has 1 aliphatic carbocycles. The van der Waals surface area contributed by atoms with Gasteiger partial charge in [-0.2, -0.15) is 5.26 Å². The quantitative estimate of drug-likeness (QED) is 0.595. The van der Waals surface area contributed by atoms with Crippen LogP contribution in [0, 0.1) is 11.3 Å². The SMILES string of the molecule is CC(C)(C)N/C=C(/C#N)C(=O)NC1CCCCC1. The minimum Gasteiger partial charge on any atom is -0.385 e. The van der Waals surface area contributed by atoms with Crippen LogP contribution in [0.4, 0.5) is 0 Å². The largest absolute Gasteiger partial charge is 0.385 e. The number of nitrogens with one attached hydrogen (secondary N) is 2. The summed E-state index contributed by atoms with van der Waals surface area (Å²) in [6.45, 7) is 5.95. The fraction of sp³-hybridized carbons (Fsp3) is 0.714. The number of nitrogens with zero attached hydrogens (tertiary/aromatic N) is 1. The number of carbonyl (C=O) groups excluding carboxylic acids is 1. The van der Waals surface area contributed by atoms with Crippen molar-refractivity contribution in [3.8, 4) is 6.07 Å². The van der Waals surface area contributed by atoms with Crippen molar-refractivity contribution < 1.29 is 4.79 Å². The summed E-state index contributed by atoms with van der Waals surface area (Å²) >= 11 is 0. The Morgan fingerprint density at radius 2 is 1.89 bits per heavy atom. The number of amides is 1. The molecule has 0 aromatic rings. The number of hydrogen-bond acceptors (Lipinski definition) is 3. The Balaban J connectivity index is 2.54. The van der Waals surface area contributed by atoms with Crippen LogP contribution in [0.25, 0.3) is 0 Å². The van der Waals surface area contributed by atoms with Crippen LogP contribution in [0.1, 0.15) is 52.9 Å². The van der Waals surface area contributed by atoms with Crippen LogP contribution in [-0.2, 0) is 4.79 Å². The first-order valence-corrected chi connectivity index (χ1v) is 6.61. The minimum absolute atomic E-state index is 0.146. The molecule has 0 bridgehead atoms. The first-order valence-electron chi connectivity index (χ1n) is 6.61. The molecule has 1 fully saturated rings. The summed E-state index contributed by atoms with van der Waals surface area (Å²) in [5.41, 5.74) is 0.00299. The van der Waals surface area contributed by atoms with Gasteiger partial charge < -0.3 is 10.6 Å². The van der Waals surface area contributed by atoms with Gasteiger partial charge in [-0.15, -0.1) is 0 Å². The van der Waals surface area contributed by atoms with Gasteiger partial charge in [-0.05, 0) is 33.6 Å². The molecule has 100 valence electrons. The van der Waals surface area contributed by atoms with Crippen molar-refractivity contribution in [1.82, 2.24) is 10.6 Å². The van der Waals surface area contributed by atoms with Crippen molar-refractivity contribution in [2.75, 3.05) is 0 Å². The van der Waals surface area contributed by atoms with Crippen molar-refractivity contribution >= 4 is 5.91 Å². The molecule has 0 radical (unpaired) electrons. The van der Waals surface area contributed by atoms with E-state index >= 15 is 0 Å². The third kappa shape index (κ3) is 5.22. The molecule has 18 heavy (non-hydrogen) atoms. The van der Waals surface area contributed by atoms with Crippen LogP contribution < -0.4 is 10.6 Å². The van der Waals surface area contributed by atoms with E-state index in [4.69, 9.17) is 5.26 Å². The van der Waals surface area contributed by atoms with E-state index in [-0.39, 0.29) is 23.1 Å². The average molecular weight is 249 g/mol. The third-order valence-corrected chi connectivity index (χ3v) is 2.95. The van der Waals surface area contributed by atoms with Gasteiger partial charge in [-0.3, -0.25) is 4.79 Å². The van der Waals surface area contributed by atoms with Gasteiger partial charge in [0.1, 0.15) is 11.6 Å². The molecule has 2 N–H and O–H groups in total. The zero-order valence-corrected chi connectivity index (χ0v) is 11.5. The average Bonchev–Trinajstić information content (AvgIpc) is 2.29. The number of hydrogen-bond donors (Lipinski definition) is 2. The van der Waals surface area contributed by atoms with E-state index in [9.17, 15) is 4.79 Å². The molecule has 0 aliphatic heterocycles. The van der Waals surface area contributed by atoms with Gasteiger partial charge in [0.15, 0.2) is 0 Å². The van der Waals surface area contributed by atoms with Gasteiger partial charge in [0.05, 0.1) is 0 Å². The summed E-state index contributed by atoms with van der Waals surface area (Å²) in [5, 5.41) is 15.0. The molecule has 0 heterocycles. The monoisotopic (exact) mass is 249 g/mol. The Morgan fingerprint density at radius 1 is 1.28 bits per heavy atom. The Labute approximate surface area is 109 Å². The van der Waals surface area contributed by atoms with Gasteiger partial charge in [0.2, 0.25) is 0 Å². The highest BCUT2D eigenvalue weighted by Crippen LogP contribution is 2.17. The normalized spacial score (nSPS) is 18.0. The van der Waals surface area contributed by atoms with Crippen molar-refractivity contribution in [1.29, 1.82) is 5.26 Å². The van der Waals surface area contributed by atoms with Crippen molar-refractivity contribution in [2.45, 2.75) is 64.5 Å². The summed E-state index contributed by atoms with van der Waals surface area (Å²) < 4.78 is 0. The van der Waals surface area contributed by atoms with Crippen molar-refractivity contribution in [3.63, 3.8) is 0 Å². The highest BCUT2D eigenvalue weighted by atomic mass is 16.1.